The molecule has 0 radical (unpaired) electrons. The van der Waals surface area contributed by atoms with Crippen LogP contribution in [0.25, 0.3) is 10.9 Å². The van der Waals surface area contributed by atoms with Gasteiger partial charge in [-0.05, 0) is 55.9 Å². The van der Waals surface area contributed by atoms with Gasteiger partial charge in [-0.1, -0.05) is 25.1 Å². The van der Waals surface area contributed by atoms with E-state index >= 15 is 0 Å². The van der Waals surface area contributed by atoms with Crippen molar-refractivity contribution >= 4 is 22.8 Å². The van der Waals surface area contributed by atoms with Crippen LogP contribution in [0.3, 0.4) is 0 Å². The highest BCUT2D eigenvalue weighted by atomic mass is 16.5. The van der Waals surface area contributed by atoms with Gasteiger partial charge in [0.05, 0.1) is 23.9 Å². The van der Waals surface area contributed by atoms with Crippen LogP contribution in [0.2, 0.25) is 0 Å². The van der Waals surface area contributed by atoms with E-state index in [1.54, 1.807) is 25.3 Å². The number of carbonyl (C=O) groups excluding carboxylic acids is 2. The number of para-hydroxylation sites is 1. The molecule has 0 unspecified atom stereocenters. The van der Waals surface area contributed by atoms with Gasteiger partial charge in [-0.3, -0.25) is 9.78 Å². The molecule has 1 N–H and O–H groups in total. The van der Waals surface area contributed by atoms with Gasteiger partial charge in [-0.15, -0.1) is 0 Å². The first-order valence-electron chi connectivity index (χ1n) is 9.94. The third kappa shape index (κ3) is 4.01. The highest BCUT2D eigenvalue weighted by Crippen LogP contribution is 2.32. The van der Waals surface area contributed by atoms with Crippen molar-refractivity contribution in [1.82, 2.24) is 10.3 Å². The van der Waals surface area contributed by atoms with Crippen LogP contribution in [-0.4, -0.2) is 23.0 Å². The highest BCUT2D eigenvalue weighted by Gasteiger charge is 2.28. The van der Waals surface area contributed by atoms with E-state index < -0.39 is 12.1 Å². The quantitative estimate of drug-likeness (QED) is 0.668. The summed E-state index contributed by atoms with van der Waals surface area (Å²) in [5, 5.41) is 3.50. The summed E-state index contributed by atoms with van der Waals surface area (Å²) in [6.45, 7) is 4.00. The summed E-state index contributed by atoms with van der Waals surface area (Å²) < 4.78 is 10.8. The van der Waals surface area contributed by atoms with Gasteiger partial charge in [0.1, 0.15) is 5.76 Å². The van der Waals surface area contributed by atoms with E-state index in [0.717, 1.165) is 41.4 Å². The first-order valence-corrected chi connectivity index (χ1v) is 9.94. The molecule has 1 aliphatic rings. The molecule has 6 heteroatoms. The molecule has 2 atom stereocenters. The molecule has 6 nitrogen and oxygen atoms in total. The number of aryl methyl sites for hydroxylation is 1. The Balaban J connectivity index is 1.57. The van der Waals surface area contributed by atoms with Crippen LogP contribution in [0.15, 0.2) is 47.1 Å². The van der Waals surface area contributed by atoms with Gasteiger partial charge in [-0.25, -0.2) is 4.79 Å². The van der Waals surface area contributed by atoms with E-state index in [-0.39, 0.29) is 12.5 Å². The van der Waals surface area contributed by atoms with E-state index in [2.05, 4.69) is 12.2 Å². The molecule has 1 amide bonds. The van der Waals surface area contributed by atoms with Gasteiger partial charge in [0.25, 0.3) is 5.91 Å². The Bertz CT molecular complexity index is 1040. The third-order valence-corrected chi connectivity index (χ3v) is 5.38. The number of hydrogen-bond acceptors (Lipinski definition) is 5. The van der Waals surface area contributed by atoms with Crippen molar-refractivity contribution in [3.63, 3.8) is 0 Å². The predicted molar refractivity (Wildman–Crippen MR) is 108 cm³/mol. The molecule has 3 aromatic rings. The Morgan fingerprint density at radius 2 is 2.10 bits per heavy atom. The van der Waals surface area contributed by atoms with Crippen LogP contribution in [0.1, 0.15) is 47.6 Å². The summed E-state index contributed by atoms with van der Waals surface area (Å²) in [6.07, 6.45) is 3.32. The van der Waals surface area contributed by atoms with Crippen molar-refractivity contribution in [3.05, 3.63) is 65.2 Å². The summed E-state index contributed by atoms with van der Waals surface area (Å²) >= 11 is 0. The van der Waals surface area contributed by atoms with Crippen LogP contribution < -0.4 is 5.32 Å². The minimum Gasteiger partial charge on any atom is -0.467 e. The molecule has 0 saturated carbocycles. The third-order valence-electron chi connectivity index (χ3n) is 5.38. The number of carbonyl (C=O) groups is 2. The van der Waals surface area contributed by atoms with E-state index in [9.17, 15) is 9.59 Å². The summed E-state index contributed by atoms with van der Waals surface area (Å²) in [5.41, 5.74) is 3.24. The van der Waals surface area contributed by atoms with E-state index in [1.165, 1.54) is 0 Å². The van der Waals surface area contributed by atoms with E-state index in [4.69, 9.17) is 14.1 Å². The maximum Gasteiger partial charge on any atom is 0.339 e. The Morgan fingerprint density at radius 3 is 2.90 bits per heavy atom. The zero-order valence-electron chi connectivity index (χ0n) is 16.6. The van der Waals surface area contributed by atoms with Crippen molar-refractivity contribution in [1.29, 1.82) is 0 Å². The van der Waals surface area contributed by atoms with Crippen LogP contribution in [-0.2, 0) is 28.9 Å². The number of aromatic nitrogens is 1. The van der Waals surface area contributed by atoms with Gasteiger partial charge in [0.15, 0.2) is 6.10 Å². The molecule has 0 aliphatic heterocycles. The van der Waals surface area contributed by atoms with Crippen LogP contribution in [0.5, 0.6) is 0 Å². The number of furan rings is 1. The fraction of sp³-hybridized carbons (Fsp3) is 0.348. The summed E-state index contributed by atoms with van der Waals surface area (Å²) in [5.74, 6) is 0.274. The summed E-state index contributed by atoms with van der Waals surface area (Å²) in [7, 11) is 0. The summed E-state index contributed by atoms with van der Waals surface area (Å²) in [4.78, 5) is 30.3. The SMILES string of the molecule is C[C@H]1CCc2nc3ccccc3c(C(=O)O[C@H](C)C(=O)NCc3ccco3)c2C1. The first kappa shape index (κ1) is 19.2. The minimum atomic E-state index is -0.916. The molecule has 150 valence electrons. The molecular formula is C23H24N2O4. The predicted octanol–water partition coefficient (Wildman–Crippen LogP) is 3.81. The second kappa shape index (κ2) is 8.07. The van der Waals surface area contributed by atoms with Crippen molar-refractivity contribution in [3.8, 4) is 0 Å². The molecule has 0 saturated heterocycles. The topological polar surface area (TPSA) is 81.4 Å². The highest BCUT2D eigenvalue weighted by molar-refractivity contribution is 6.05. The molecule has 4 rings (SSSR count). The minimum absolute atomic E-state index is 0.249. The molecule has 0 fully saturated rings. The van der Waals surface area contributed by atoms with Gasteiger partial charge < -0.3 is 14.5 Å². The molecule has 1 aliphatic carbocycles. The maximum absolute atomic E-state index is 13.1. The number of esters is 1. The summed E-state index contributed by atoms with van der Waals surface area (Å²) in [6, 6.07) is 11.1. The lowest BCUT2D eigenvalue weighted by atomic mass is 9.84. The Kier molecular flexibility index (Phi) is 5.34. The Labute approximate surface area is 169 Å². The number of nitrogens with one attached hydrogen (secondary N) is 1. The monoisotopic (exact) mass is 392 g/mol. The van der Waals surface area contributed by atoms with Crippen molar-refractivity contribution in [2.24, 2.45) is 5.92 Å². The molecule has 0 bridgehead atoms. The zero-order valence-corrected chi connectivity index (χ0v) is 16.6. The number of hydrogen-bond donors (Lipinski definition) is 1. The fourth-order valence-electron chi connectivity index (χ4n) is 3.80. The van der Waals surface area contributed by atoms with Crippen LogP contribution >= 0.6 is 0 Å². The molecule has 1 aromatic carbocycles. The smallest absolute Gasteiger partial charge is 0.339 e. The zero-order chi connectivity index (χ0) is 20.4. The number of amides is 1. The lowest BCUT2D eigenvalue weighted by Crippen LogP contribution is -2.35. The molecular weight excluding hydrogens is 368 g/mol. The molecule has 29 heavy (non-hydrogen) atoms. The van der Waals surface area contributed by atoms with Gasteiger partial charge in [0, 0.05) is 11.1 Å². The lowest BCUT2D eigenvalue weighted by molar-refractivity contribution is -0.129. The van der Waals surface area contributed by atoms with Crippen molar-refractivity contribution in [2.45, 2.75) is 45.8 Å². The van der Waals surface area contributed by atoms with Gasteiger partial charge >= 0.3 is 5.97 Å². The first-order chi connectivity index (χ1) is 14.0. The average Bonchev–Trinajstić information content (AvgIpc) is 3.23. The number of benzene rings is 1. The standard InChI is InChI=1S/C23H24N2O4/c1-14-9-10-20-18(12-14)21(17-7-3-4-8-19(17)25-20)23(27)29-15(2)22(26)24-13-16-6-5-11-28-16/h3-8,11,14-15H,9-10,12-13H2,1-2H3,(H,24,26)/t14-,15+/m0/s1. The number of rotatable bonds is 5. The molecule has 2 aromatic heterocycles. The van der Waals surface area contributed by atoms with E-state index in [0.29, 0.717) is 17.2 Å². The average molecular weight is 392 g/mol. The normalized spacial score (nSPS) is 16.8. The Hall–Kier alpha value is -3.15. The number of pyridine rings is 1. The van der Waals surface area contributed by atoms with Crippen LogP contribution in [0, 0.1) is 5.92 Å². The number of ether oxygens (including phenoxy) is 1. The largest absolute Gasteiger partial charge is 0.467 e. The molecule has 0 spiro atoms. The number of fused-ring (bicyclic) bond motifs is 2. The lowest BCUT2D eigenvalue weighted by Gasteiger charge is -2.24. The van der Waals surface area contributed by atoms with Gasteiger partial charge in [-0.2, -0.15) is 0 Å². The number of nitrogens with zero attached hydrogens (tertiary/aromatic N) is 1. The van der Waals surface area contributed by atoms with Crippen LogP contribution in [0.4, 0.5) is 0 Å². The van der Waals surface area contributed by atoms with Crippen molar-refractivity contribution in [2.75, 3.05) is 0 Å². The second-order valence-corrected chi connectivity index (χ2v) is 7.62. The van der Waals surface area contributed by atoms with E-state index in [1.807, 2.05) is 24.3 Å². The Morgan fingerprint density at radius 1 is 1.28 bits per heavy atom. The second-order valence-electron chi connectivity index (χ2n) is 7.62. The maximum atomic E-state index is 13.1. The molecule has 2 heterocycles. The fourth-order valence-corrected chi connectivity index (χ4v) is 3.80. The van der Waals surface area contributed by atoms with Gasteiger partial charge in [0.2, 0.25) is 0 Å². The van der Waals surface area contributed by atoms with Crippen molar-refractivity contribution < 1.29 is 18.7 Å².